The van der Waals surface area contributed by atoms with Crippen molar-refractivity contribution >= 4 is 29.1 Å². The average Bonchev–Trinajstić information content (AvgIpc) is 2.25. The molecule has 1 nitrogen and oxygen atoms in total. The lowest BCUT2D eigenvalue weighted by molar-refractivity contribution is 0.625. The molecule has 0 bridgehead atoms. The van der Waals surface area contributed by atoms with Crippen molar-refractivity contribution in [2.45, 2.75) is 10.6 Å². The first-order valence-corrected chi connectivity index (χ1v) is 6.43. The van der Waals surface area contributed by atoms with Crippen LogP contribution in [0.25, 0.3) is 0 Å². The Morgan fingerprint density at radius 3 is 2.71 bits per heavy atom. The molecule has 0 radical (unpaired) electrons. The minimum absolute atomic E-state index is 0.307. The molecule has 0 unspecified atom stereocenters. The van der Waals surface area contributed by atoms with Crippen molar-refractivity contribution in [3.8, 4) is 0 Å². The summed E-state index contributed by atoms with van der Waals surface area (Å²) >= 11 is 7.42. The van der Waals surface area contributed by atoms with E-state index >= 15 is 0 Å². The Hall–Kier alpha value is -1.19. The van der Waals surface area contributed by atoms with Gasteiger partial charge in [-0.1, -0.05) is 23.7 Å². The highest BCUT2D eigenvalue weighted by Gasteiger charge is 2.01. The number of halogens is 2. The van der Waals surface area contributed by atoms with E-state index in [0.29, 0.717) is 10.7 Å². The molecule has 0 amide bonds. The monoisotopic (exact) mass is 267 g/mol. The lowest BCUT2D eigenvalue weighted by atomic mass is 10.2. The van der Waals surface area contributed by atoms with Gasteiger partial charge in [0.1, 0.15) is 5.82 Å². The second-order valence-electron chi connectivity index (χ2n) is 3.64. The molecule has 2 aromatic rings. The Labute approximate surface area is 109 Å². The highest BCUT2D eigenvalue weighted by Crippen LogP contribution is 2.26. The van der Waals surface area contributed by atoms with E-state index in [4.69, 9.17) is 17.3 Å². The first kappa shape index (κ1) is 12.3. The summed E-state index contributed by atoms with van der Waals surface area (Å²) in [6.07, 6.45) is 0. The van der Waals surface area contributed by atoms with E-state index in [1.165, 1.54) is 23.9 Å². The predicted molar refractivity (Wildman–Crippen MR) is 71.8 cm³/mol. The third kappa shape index (κ3) is 3.65. The molecule has 88 valence electrons. The largest absolute Gasteiger partial charge is 0.399 e. The van der Waals surface area contributed by atoms with E-state index in [0.717, 1.165) is 16.2 Å². The standard InChI is InChI=1S/C13H11ClFNS/c14-10-3-1-2-9(4-10)8-17-13-6-11(15)5-12(16)7-13/h1-7H,8,16H2. The zero-order valence-electron chi connectivity index (χ0n) is 8.99. The van der Waals surface area contributed by atoms with Gasteiger partial charge in [0, 0.05) is 21.4 Å². The molecule has 0 spiro atoms. The fourth-order valence-corrected chi connectivity index (χ4v) is 2.60. The van der Waals surface area contributed by atoms with Gasteiger partial charge in [-0.15, -0.1) is 11.8 Å². The molecule has 0 aliphatic heterocycles. The third-order valence-corrected chi connectivity index (χ3v) is 3.47. The lowest BCUT2D eigenvalue weighted by Gasteiger charge is -2.04. The highest BCUT2D eigenvalue weighted by molar-refractivity contribution is 7.98. The smallest absolute Gasteiger partial charge is 0.126 e. The Bertz CT molecular complexity index is 510. The number of anilines is 1. The van der Waals surface area contributed by atoms with Gasteiger partial charge in [-0.25, -0.2) is 4.39 Å². The van der Waals surface area contributed by atoms with Gasteiger partial charge in [0.05, 0.1) is 0 Å². The maximum atomic E-state index is 13.1. The number of thioether (sulfide) groups is 1. The number of hydrogen-bond acceptors (Lipinski definition) is 2. The van der Waals surface area contributed by atoms with Crippen LogP contribution in [0.15, 0.2) is 47.4 Å². The molecule has 17 heavy (non-hydrogen) atoms. The minimum atomic E-state index is -0.307. The first-order valence-electron chi connectivity index (χ1n) is 5.07. The van der Waals surface area contributed by atoms with Crippen molar-refractivity contribution in [1.29, 1.82) is 0 Å². The van der Waals surface area contributed by atoms with Gasteiger partial charge in [0.2, 0.25) is 0 Å². The van der Waals surface area contributed by atoms with Gasteiger partial charge in [0.15, 0.2) is 0 Å². The van der Waals surface area contributed by atoms with Crippen LogP contribution in [-0.4, -0.2) is 0 Å². The van der Waals surface area contributed by atoms with E-state index in [9.17, 15) is 4.39 Å². The molecule has 0 aliphatic carbocycles. The van der Waals surface area contributed by atoms with Crippen molar-refractivity contribution in [2.24, 2.45) is 0 Å². The second kappa shape index (κ2) is 5.43. The maximum absolute atomic E-state index is 13.1. The van der Waals surface area contributed by atoms with Crippen molar-refractivity contribution in [2.75, 3.05) is 5.73 Å². The summed E-state index contributed by atoms with van der Waals surface area (Å²) in [6, 6.07) is 12.2. The van der Waals surface area contributed by atoms with Crippen LogP contribution in [0.1, 0.15) is 5.56 Å². The molecule has 2 rings (SSSR count). The van der Waals surface area contributed by atoms with E-state index in [1.54, 1.807) is 6.07 Å². The molecule has 0 aromatic heterocycles. The molecule has 0 aliphatic rings. The van der Waals surface area contributed by atoms with Gasteiger partial charge in [0.25, 0.3) is 0 Å². The normalized spacial score (nSPS) is 10.5. The SMILES string of the molecule is Nc1cc(F)cc(SCc2cccc(Cl)c2)c1. The predicted octanol–water partition coefficient (Wildman–Crippen LogP) is 4.35. The summed E-state index contributed by atoms with van der Waals surface area (Å²) in [6.45, 7) is 0. The van der Waals surface area contributed by atoms with Crippen LogP contribution < -0.4 is 5.73 Å². The van der Waals surface area contributed by atoms with Crippen molar-refractivity contribution < 1.29 is 4.39 Å². The second-order valence-corrected chi connectivity index (χ2v) is 5.12. The molecule has 0 heterocycles. The summed E-state index contributed by atoms with van der Waals surface area (Å²) < 4.78 is 13.1. The van der Waals surface area contributed by atoms with Crippen LogP contribution in [0.5, 0.6) is 0 Å². The summed E-state index contributed by atoms with van der Waals surface area (Å²) in [4.78, 5) is 0.822. The van der Waals surface area contributed by atoms with Crippen LogP contribution in [0.3, 0.4) is 0 Å². The molecule has 0 saturated heterocycles. The van der Waals surface area contributed by atoms with Gasteiger partial charge in [-0.05, 0) is 35.9 Å². The Kier molecular flexibility index (Phi) is 3.92. The number of rotatable bonds is 3. The minimum Gasteiger partial charge on any atom is -0.399 e. The van der Waals surface area contributed by atoms with Crippen molar-refractivity contribution in [3.05, 3.63) is 58.9 Å². The van der Waals surface area contributed by atoms with Crippen LogP contribution in [-0.2, 0) is 5.75 Å². The number of nitrogens with two attached hydrogens (primary N) is 1. The van der Waals surface area contributed by atoms with Gasteiger partial charge in [-0.2, -0.15) is 0 Å². The molecule has 0 fully saturated rings. The van der Waals surface area contributed by atoms with Gasteiger partial charge in [-0.3, -0.25) is 0 Å². The highest BCUT2D eigenvalue weighted by atomic mass is 35.5. The average molecular weight is 268 g/mol. The summed E-state index contributed by atoms with van der Waals surface area (Å²) in [7, 11) is 0. The van der Waals surface area contributed by atoms with E-state index in [1.807, 2.05) is 24.3 Å². The van der Waals surface area contributed by atoms with Crippen LogP contribution in [0.2, 0.25) is 5.02 Å². The summed E-state index contributed by atoms with van der Waals surface area (Å²) in [5.41, 5.74) is 7.12. The molecular formula is C13H11ClFNS. The van der Waals surface area contributed by atoms with E-state index in [2.05, 4.69) is 0 Å². The van der Waals surface area contributed by atoms with Crippen LogP contribution >= 0.6 is 23.4 Å². The topological polar surface area (TPSA) is 26.0 Å². The number of nitrogen functional groups attached to an aromatic ring is 1. The molecule has 2 N–H and O–H groups in total. The zero-order valence-corrected chi connectivity index (χ0v) is 10.6. The van der Waals surface area contributed by atoms with E-state index < -0.39 is 0 Å². The van der Waals surface area contributed by atoms with Gasteiger partial charge < -0.3 is 5.73 Å². The van der Waals surface area contributed by atoms with Crippen molar-refractivity contribution in [3.63, 3.8) is 0 Å². The third-order valence-electron chi connectivity index (χ3n) is 2.19. The fourth-order valence-electron chi connectivity index (χ4n) is 1.46. The Balaban J connectivity index is 2.07. The Morgan fingerprint density at radius 2 is 2.00 bits per heavy atom. The summed E-state index contributed by atoms with van der Waals surface area (Å²) in [5.74, 6) is 0.433. The lowest BCUT2D eigenvalue weighted by Crippen LogP contribution is -1.88. The maximum Gasteiger partial charge on any atom is 0.126 e. The first-order chi connectivity index (χ1) is 8.13. The molecular weight excluding hydrogens is 257 g/mol. The molecule has 0 atom stereocenters. The number of hydrogen-bond donors (Lipinski definition) is 1. The van der Waals surface area contributed by atoms with Crippen LogP contribution in [0.4, 0.5) is 10.1 Å². The Morgan fingerprint density at radius 1 is 1.18 bits per heavy atom. The van der Waals surface area contributed by atoms with Gasteiger partial charge >= 0.3 is 0 Å². The summed E-state index contributed by atoms with van der Waals surface area (Å²) in [5, 5.41) is 0.710. The molecule has 4 heteroatoms. The molecule has 2 aromatic carbocycles. The quantitative estimate of drug-likeness (QED) is 0.661. The fraction of sp³-hybridized carbons (Fsp3) is 0.0769. The zero-order chi connectivity index (χ0) is 12.3. The number of benzene rings is 2. The van der Waals surface area contributed by atoms with E-state index in [-0.39, 0.29) is 5.82 Å². The van der Waals surface area contributed by atoms with Crippen LogP contribution in [0, 0.1) is 5.82 Å². The van der Waals surface area contributed by atoms with Crippen molar-refractivity contribution in [1.82, 2.24) is 0 Å². The molecule has 0 saturated carbocycles.